The monoisotopic (exact) mass is 361 g/mol. The number of fused-ring (bicyclic) bond motifs is 5. The van der Waals surface area contributed by atoms with Gasteiger partial charge in [0.05, 0.1) is 23.1 Å². The quantitative estimate of drug-likeness (QED) is 0.851. The van der Waals surface area contributed by atoms with Crippen LogP contribution in [0.2, 0.25) is 0 Å². The lowest BCUT2D eigenvalue weighted by atomic mass is 9.73. The van der Waals surface area contributed by atoms with Crippen LogP contribution in [0.5, 0.6) is 0 Å². The van der Waals surface area contributed by atoms with Gasteiger partial charge in [-0.05, 0) is 54.4 Å². The molecule has 1 heterocycles. The number of nitrogens with zero attached hydrogens (tertiary/aromatic N) is 1. The van der Waals surface area contributed by atoms with Crippen LogP contribution in [0, 0.1) is 23.7 Å². The Morgan fingerprint density at radius 1 is 0.926 bits per heavy atom. The maximum atomic E-state index is 13.2. The summed E-state index contributed by atoms with van der Waals surface area (Å²) in [6.45, 7) is 0. The Labute approximate surface area is 156 Å². The third-order valence-corrected chi connectivity index (χ3v) is 6.59. The third kappa shape index (κ3) is 2.27. The molecule has 1 aliphatic heterocycles. The first-order valence-electron chi connectivity index (χ1n) is 9.32. The van der Waals surface area contributed by atoms with Crippen LogP contribution in [0.15, 0.2) is 54.6 Å². The summed E-state index contributed by atoms with van der Waals surface area (Å²) in [7, 11) is 0. The second-order valence-corrected chi connectivity index (χ2v) is 7.83. The number of imide groups is 1. The van der Waals surface area contributed by atoms with Gasteiger partial charge in [0.1, 0.15) is 0 Å². The van der Waals surface area contributed by atoms with Gasteiger partial charge in [0.2, 0.25) is 11.8 Å². The van der Waals surface area contributed by atoms with Crippen LogP contribution in [0.4, 0.5) is 5.69 Å². The van der Waals surface area contributed by atoms with Crippen molar-refractivity contribution in [3.05, 3.63) is 65.7 Å². The van der Waals surface area contributed by atoms with Crippen LogP contribution >= 0.6 is 0 Å². The maximum Gasteiger partial charge on any atom is 0.335 e. The van der Waals surface area contributed by atoms with Crippen molar-refractivity contribution in [2.24, 2.45) is 23.7 Å². The van der Waals surface area contributed by atoms with E-state index < -0.39 is 5.97 Å². The van der Waals surface area contributed by atoms with Crippen molar-refractivity contribution in [2.45, 2.75) is 18.8 Å². The third-order valence-electron chi connectivity index (χ3n) is 6.59. The standard InChI is InChI=1S/C22H19NO4/c24-20-18-14-10-16(12-5-2-1-3-6-12)17(11-14)19(18)21(25)23(20)15-8-4-7-13(9-15)22(26)27/h1-9,14,16-19H,10-11H2,(H,26,27)/t14-,16+,17+,18+,19-/m0/s1. The van der Waals surface area contributed by atoms with Gasteiger partial charge in [0, 0.05) is 0 Å². The first-order valence-corrected chi connectivity index (χ1v) is 9.32. The number of rotatable bonds is 3. The number of benzene rings is 2. The van der Waals surface area contributed by atoms with Crippen molar-refractivity contribution in [3.63, 3.8) is 0 Å². The second-order valence-electron chi connectivity index (χ2n) is 7.83. The number of hydrogen-bond donors (Lipinski definition) is 1. The molecule has 0 aromatic heterocycles. The van der Waals surface area contributed by atoms with Crippen LogP contribution < -0.4 is 4.90 Å². The summed E-state index contributed by atoms with van der Waals surface area (Å²) in [5.41, 5.74) is 1.69. The number of amides is 2. The number of anilines is 1. The summed E-state index contributed by atoms with van der Waals surface area (Å²) >= 11 is 0. The zero-order valence-corrected chi connectivity index (χ0v) is 14.6. The molecular formula is C22H19NO4. The van der Waals surface area contributed by atoms with Gasteiger partial charge in [-0.15, -0.1) is 0 Å². The lowest BCUT2D eigenvalue weighted by molar-refractivity contribution is -0.123. The van der Waals surface area contributed by atoms with Crippen LogP contribution in [0.3, 0.4) is 0 Å². The number of carbonyl (C=O) groups is 3. The van der Waals surface area contributed by atoms with E-state index in [2.05, 4.69) is 12.1 Å². The van der Waals surface area contributed by atoms with E-state index in [0.29, 0.717) is 11.6 Å². The van der Waals surface area contributed by atoms with E-state index in [1.165, 1.54) is 22.6 Å². The van der Waals surface area contributed by atoms with Crippen molar-refractivity contribution >= 4 is 23.5 Å². The highest BCUT2D eigenvalue weighted by Gasteiger charge is 2.64. The molecule has 2 aliphatic carbocycles. The number of hydrogen-bond acceptors (Lipinski definition) is 3. The van der Waals surface area contributed by atoms with Crippen molar-refractivity contribution < 1.29 is 19.5 Å². The molecule has 0 radical (unpaired) electrons. The van der Waals surface area contributed by atoms with Gasteiger partial charge in [0.25, 0.3) is 0 Å². The second kappa shape index (κ2) is 5.78. The largest absolute Gasteiger partial charge is 0.478 e. The molecule has 1 N–H and O–H groups in total. The highest BCUT2D eigenvalue weighted by atomic mass is 16.4. The summed E-state index contributed by atoms with van der Waals surface area (Å²) in [5, 5.41) is 9.21. The van der Waals surface area contributed by atoms with E-state index in [9.17, 15) is 19.5 Å². The minimum Gasteiger partial charge on any atom is -0.478 e. The van der Waals surface area contributed by atoms with Crippen molar-refractivity contribution in [1.82, 2.24) is 0 Å². The van der Waals surface area contributed by atoms with Gasteiger partial charge in [-0.3, -0.25) is 14.5 Å². The highest BCUT2D eigenvalue weighted by Crippen LogP contribution is 2.61. The van der Waals surface area contributed by atoms with Gasteiger partial charge in [-0.25, -0.2) is 4.79 Å². The normalized spacial score (nSPS) is 31.4. The van der Waals surface area contributed by atoms with Gasteiger partial charge < -0.3 is 5.11 Å². The SMILES string of the molecule is O=C(O)c1cccc(N2C(=O)[C@@H]3[C@@H]4C[C@@H]([C@@H]3C2=O)[C@@H](c2ccccc2)C4)c1. The smallest absolute Gasteiger partial charge is 0.335 e. The molecule has 2 bridgehead atoms. The first kappa shape index (κ1) is 16.2. The Balaban J connectivity index is 1.49. The lowest BCUT2D eigenvalue weighted by Crippen LogP contribution is -2.33. The van der Waals surface area contributed by atoms with Crippen molar-refractivity contribution in [2.75, 3.05) is 4.90 Å². The topological polar surface area (TPSA) is 74.7 Å². The van der Waals surface area contributed by atoms with E-state index in [0.717, 1.165) is 12.8 Å². The Morgan fingerprint density at radius 2 is 1.67 bits per heavy atom. The summed E-state index contributed by atoms with van der Waals surface area (Å²) in [6.07, 6.45) is 1.87. The Kier molecular flexibility index (Phi) is 3.47. The molecule has 2 aromatic carbocycles. The predicted octanol–water partition coefficient (Wildman–Crippen LogP) is 3.31. The minimum absolute atomic E-state index is 0.0790. The molecule has 5 atom stereocenters. The van der Waals surface area contributed by atoms with E-state index in [-0.39, 0.29) is 41.0 Å². The molecule has 2 amide bonds. The van der Waals surface area contributed by atoms with Gasteiger partial charge in [-0.2, -0.15) is 0 Å². The van der Waals surface area contributed by atoms with Crippen LogP contribution in [0.25, 0.3) is 0 Å². The molecule has 5 heteroatoms. The van der Waals surface area contributed by atoms with E-state index in [1.807, 2.05) is 18.2 Å². The average molecular weight is 361 g/mol. The molecule has 5 nitrogen and oxygen atoms in total. The first-order chi connectivity index (χ1) is 13.1. The van der Waals surface area contributed by atoms with E-state index in [1.54, 1.807) is 12.1 Å². The molecular weight excluding hydrogens is 342 g/mol. The fourth-order valence-electron chi connectivity index (χ4n) is 5.58. The summed E-state index contributed by atoms with van der Waals surface area (Å²) in [4.78, 5) is 38.8. The molecule has 27 heavy (non-hydrogen) atoms. The zero-order valence-electron chi connectivity index (χ0n) is 14.6. The Hall–Kier alpha value is -2.95. The number of carboxylic acid groups (broad SMARTS) is 1. The molecule has 2 aromatic rings. The van der Waals surface area contributed by atoms with E-state index in [4.69, 9.17) is 0 Å². The Morgan fingerprint density at radius 3 is 2.41 bits per heavy atom. The maximum absolute atomic E-state index is 13.2. The van der Waals surface area contributed by atoms with Gasteiger partial charge >= 0.3 is 5.97 Å². The fourth-order valence-corrected chi connectivity index (χ4v) is 5.58. The molecule has 5 rings (SSSR count). The van der Waals surface area contributed by atoms with E-state index >= 15 is 0 Å². The van der Waals surface area contributed by atoms with Crippen molar-refractivity contribution in [1.29, 1.82) is 0 Å². The minimum atomic E-state index is -1.07. The zero-order chi connectivity index (χ0) is 18.7. The predicted molar refractivity (Wildman–Crippen MR) is 98.3 cm³/mol. The number of carbonyl (C=O) groups excluding carboxylic acids is 2. The van der Waals surface area contributed by atoms with Crippen molar-refractivity contribution in [3.8, 4) is 0 Å². The van der Waals surface area contributed by atoms with Crippen LogP contribution in [-0.4, -0.2) is 22.9 Å². The highest BCUT2D eigenvalue weighted by molar-refractivity contribution is 6.22. The number of carboxylic acids is 1. The molecule has 1 saturated heterocycles. The summed E-state index contributed by atoms with van der Waals surface area (Å²) < 4.78 is 0. The molecule has 0 unspecified atom stereocenters. The Bertz CT molecular complexity index is 954. The van der Waals surface area contributed by atoms with Gasteiger partial charge in [0.15, 0.2) is 0 Å². The lowest BCUT2D eigenvalue weighted by Gasteiger charge is -2.28. The van der Waals surface area contributed by atoms with Crippen LogP contribution in [-0.2, 0) is 9.59 Å². The van der Waals surface area contributed by atoms with Gasteiger partial charge in [-0.1, -0.05) is 36.4 Å². The summed E-state index contributed by atoms with van der Waals surface area (Å²) in [5.74, 6) is -1.20. The molecule has 2 saturated carbocycles. The average Bonchev–Trinajstić information content (AvgIpc) is 3.34. The molecule has 136 valence electrons. The molecule has 3 fully saturated rings. The number of aromatic carboxylic acids is 1. The molecule has 3 aliphatic rings. The fraction of sp³-hybridized carbons (Fsp3) is 0.318. The molecule has 0 spiro atoms. The summed E-state index contributed by atoms with van der Waals surface area (Å²) in [6, 6.07) is 16.3. The van der Waals surface area contributed by atoms with Crippen LogP contribution in [0.1, 0.15) is 34.7 Å².